The van der Waals surface area contributed by atoms with Gasteiger partial charge < -0.3 is 0 Å². The van der Waals surface area contributed by atoms with E-state index in [-0.39, 0.29) is 0 Å². The second-order valence-corrected chi connectivity index (χ2v) is 6.04. The Balaban J connectivity index is 2.73. The Hall–Kier alpha value is -0.533. The van der Waals surface area contributed by atoms with Crippen molar-refractivity contribution in [1.29, 1.82) is 0 Å². The molecule has 1 rings (SSSR count). The molecular weight excluding hydrogens is 184 g/mol. The maximum Gasteiger partial charge on any atom is 0.0945 e. The molecule has 0 aliphatic carbocycles. The summed E-state index contributed by atoms with van der Waals surface area (Å²) >= 11 is 5.71. The van der Waals surface area contributed by atoms with Crippen molar-refractivity contribution in [3.05, 3.63) is 42.6 Å². The summed E-state index contributed by atoms with van der Waals surface area (Å²) in [6.45, 7) is 3.86. The van der Waals surface area contributed by atoms with Crippen LogP contribution >= 0.6 is 11.6 Å². The van der Waals surface area contributed by atoms with Crippen molar-refractivity contribution in [2.45, 2.75) is 6.04 Å². The number of alkyl halides is 1. The minimum atomic E-state index is -0.939. The first-order chi connectivity index (χ1) is 5.88. The first-order valence-electron chi connectivity index (χ1n) is 4.12. The standard InChI is InChI=1S/C10H13ClSi/c1-2-12(9-8-11)10-6-4-3-5-7-10/h2-7,12H,1,8-9H2. The molecule has 0 heterocycles. The smallest absolute Gasteiger partial charge is 0.0945 e. The van der Waals surface area contributed by atoms with E-state index in [2.05, 4.69) is 36.5 Å². The zero-order valence-corrected chi connectivity index (χ0v) is 8.95. The van der Waals surface area contributed by atoms with Crippen molar-refractivity contribution >= 4 is 25.6 Å². The summed E-state index contributed by atoms with van der Waals surface area (Å²) in [6, 6.07) is 11.6. The highest BCUT2D eigenvalue weighted by Gasteiger charge is 2.06. The minimum absolute atomic E-state index is 0.748. The SMILES string of the molecule is C=C[SiH](CCCl)c1ccccc1. The van der Waals surface area contributed by atoms with E-state index in [0.29, 0.717) is 0 Å². The summed E-state index contributed by atoms with van der Waals surface area (Å²) in [4.78, 5) is 0. The molecular formula is C10H13ClSi. The van der Waals surface area contributed by atoms with Crippen molar-refractivity contribution in [3.8, 4) is 0 Å². The van der Waals surface area contributed by atoms with Gasteiger partial charge in [-0.25, -0.2) is 0 Å². The molecule has 0 aromatic heterocycles. The van der Waals surface area contributed by atoms with E-state index in [1.165, 1.54) is 5.19 Å². The van der Waals surface area contributed by atoms with E-state index < -0.39 is 8.80 Å². The third kappa shape index (κ3) is 2.50. The fourth-order valence-electron chi connectivity index (χ4n) is 1.24. The number of halogens is 1. The van der Waals surface area contributed by atoms with Gasteiger partial charge in [-0.2, -0.15) is 0 Å². The normalized spacial score (nSPS) is 12.4. The molecule has 64 valence electrons. The maximum absolute atomic E-state index is 5.71. The van der Waals surface area contributed by atoms with Crippen LogP contribution in [0.1, 0.15) is 0 Å². The third-order valence-electron chi connectivity index (χ3n) is 1.93. The molecule has 1 atom stereocenters. The lowest BCUT2D eigenvalue weighted by atomic mass is 10.4. The first-order valence-corrected chi connectivity index (χ1v) is 6.71. The Labute approximate surface area is 80.5 Å². The Bertz CT molecular complexity index is 233. The van der Waals surface area contributed by atoms with Gasteiger partial charge in [-0.1, -0.05) is 35.5 Å². The molecule has 1 unspecified atom stereocenters. The Kier molecular flexibility index (Phi) is 4.12. The minimum Gasteiger partial charge on any atom is -0.127 e. The summed E-state index contributed by atoms with van der Waals surface area (Å²) < 4.78 is 0. The van der Waals surface area contributed by atoms with Gasteiger partial charge in [-0.05, 0) is 6.04 Å². The highest BCUT2D eigenvalue weighted by Crippen LogP contribution is 1.97. The van der Waals surface area contributed by atoms with Gasteiger partial charge in [0.25, 0.3) is 0 Å². The Morgan fingerprint density at radius 2 is 2.00 bits per heavy atom. The molecule has 0 N–H and O–H groups in total. The first kappa shape index (κ1) is 9.55. The largest absolute Gasteiger partial charge is 0.127 e. The van der Waals surface area contributed by atoms with Crippen molar-refractivity contribution in [1.82, 2.24) is 0 Å². The predicted molar refractivity (Wildman–Crippen MR) is 58.9 cm³/mol. The molecule has 0 amide bonds. The zero-order valence-electron chi connectivity index (χ0n) is 7.04. The average Bonchev–Trinajstić information content (AvgIpc) is 2.15. The monoisotopic (exact) mass is 196 g/mol. The third-order valence-corrected chi connectivity index (χ3v) is 5.24. The maximum atomic E-state index is 5.71. The molecule has 0 nitrogen and oxygen atoms in total. The predicted octanol–water partition coefficient (Wildman–Crippen LogP) is 2.08. The van der Waals surface area contributed by atoms with E-state index in [4.69, 9.17) is 11.6 Å². The van der Waals surface area contributed by atoms with Gasteiger partial charge in [0.2, 0.25) is 0 Å². The van der Waals surface area contributed by atoms with E-state index in [1.54, 1.807) is 0 Å². The molecule has 1 aromatic rings. The van der Waals surface area contributed by atoms with Crippen LogP contribution in [0.2, 0.25) is 6.04 Å². The molecule has 1 aromatic carbocycles. The van der Waals surface area contributed by atoms with Crippen molar-refractivity contribution in [2.75, 3.05) is 5.88 Å². The number of rotatable bonds is 4. The quantitative estimate of drug-likeness (QED) is 0.511. The van der Waals surface area contributed by atoms with Crippen molar-refractivity contribution < 1.29 is 0 Å². The summed E-state index contributed by atoms with van der Waals surface area (Å²) in [5, 5.41) is 1.44. The summed E-state index contributed by atoms with van der Waals surface area (Å²) in [5.74, 6) is 0.748. The molecule has 0 bridgehead atoms. The van der Waals surface area contributed by atoms with Gasteiger partial charge in [0.15, 0.2) is 0 Å². The Morgan fingerprint density at radius 3 is 2.50 bits per heavy atom. The van der Waals surface area contributed by atoms with Crippen LogP contribution in [0.25, 0.3) is 0 Å². The van der Waals surface area contributed by atoms with Crippen LogP contribution in [0.5, 0.6) is 0 Å². The van der Waals surface area contributed by atoms with Crippen molar-refractivity contribution in [2.24, 2.45) is 0 Å². The Morgan fingerprint density at radius 1 is 1.33 bits per heavy atom. The van der Waals surface area contributed by atoms with Crippen LogP contribution in [0.15, 0.2) is 42.6 Å². The fraction of sp³-hybridized carbons (Fsp3) is 0.200. The van der Waals surface area contributed by atoms with Gasteiger partial charge in [0.05, 0.1) is 8.80 Å². The molecule has 0 aliphatic heterocycles. The van der Waals surface area contributed by atoms with E-state index in [0.717, 1.165) is 11.9 Å². The second-order valence-electron chi connectivity index (χ2n) is 2.73. The van der Waals surface area contributed by atoms with E-state index in [9.17, 15) is 0 Å². The van der Waals surface area contributed by atoms with Crippen LogP contribution in [0.3, 0.4) is 0 Å². The van der Waals surface area contributed by atoms with E-state index in [1.807, 2.05) is 6.07 Å². The summed E-state index contributed by atoms with van der Waals surface area (Å²) in [6.07, 6.45) is 0. The topological polar surface area (TPSA) is 0 Å². The lowest BCUT2D eigenvalue weighted by molar-refractivity contribution is 1.45. The lowest BCUT2D eigenvalue weighted by Gasteiger charge is -2.07. The molecule has 0 aliphatic rings. The zero-order chi connectivity index (χ0) is 8.81. The number of hydrogen-bond donors (Lipinski definition) is 0. The summed E-state index contributed by atoms with van der Waals surface area (Å²) in [7, 11) is -0.939. The molecule has 0 saturated heterocycles. The van der Waals surface area contributed by atoms with Crippen LogP contribution in [-0.2, 0) is 0 Å². The molecule has 0 radical (unpaired) electrons. The highest BCUT2D eigenvalue weighted by atomic mass is 35.5. The van der Waals surface area contributed by atoms with E-state index >= 15 is 0 Å². The molecule has 0 spiro atoms. The van der Waals surface area contributed by atoms with Gasteiger partial charge >= 0.3 is 0 Å². The average molecular weight is 197 g/mol. The number of benzene rings is 1. The van der Waals surface area contributed by atoms with Gasteiger partial charge in [0.1, 0.15) is 0 Å². The fourth-order valence-corrected chi connectivity index (χ4v) is 3.74. The molecule has 2 heteroatoms. The lowest BCUT2D eigenvalue weighted by Crippen LogP contribution is -2.27. The van der Waals surface area contributed by atoms with Gasteiger partial charge in [-0.15, -0.1) is 23.9 Å². The van der Waals surface area contributed by atoms with Crippen LogP contribution < -0.4 is 5.19 Å². The molecule has 12 heavy (non-hydrogen) atoms. The van der Waals surface area contributed by atoms with Gasteiger partial charge in [-0.3, -0.25) is 0 Å². The van der Waals surface area contributed by atoms with Crippen LogP contribution in [0, 0.1) is 0 Å². The summed E-state index contributed by atoms with van der Waals surface area (Å²) in [5.41, 5.74) is 2.09. The van der Waals surface area contributed by atoms with Crippen LogP contribution in [0.4, 0.5) is 0 Å². The molecule has 0 fully saturated rings. The van der Waals surface area contributed by atoms with Crippen molar-refractivity contribution in [3.63, 3.8) is 0 Å². The second kappa shape index (κ2) is 5.17. The highest BCUT2D eigenvalue weighted by molar-refractivity contribution is 6.78. The molecule has 0 saturated carbocycles. The van der Waals surface area contributed by atoms with Crippen LogP contribution in [-0.4, -0.2) is 14.7 Å². The van der Waals surface area contributed by atoms with Gasteiger partial charge in [0, 0.05) is 5.88 Å². The number of hydrogen-bond acceptors (Lipinski definition) is 0.